The van der Waals surface area contributed by atoms with Crippen LogP contribution in [0.2, 0.25) is 0 Å². The first-order valence-electron chi connectivity index (χ1n) is 7.91. The minimum atomic E-state index is -0.157. The maximum absolute atomic E-state index is 12.3. The highest BCUT2D eigenvalue weighted by molar-refractivity contribution is 5.78. The van der Waals surface area contributed by atoms with Crippen LogP contribution in [0, 0.1) is 5.92 Å². The number of benzene rings is 2. The second-order valence-electron chi connectivity index (χ2n) is 6.19. The van der Waals surface area contributed by atoms with Gasteiger partial charge < -0.3 is 10.3 Å². The van der Waals surface area contributed by atoms with Crippen LogP contribution >= 0.6 is 0 Å². The Morgan fingerprint density at radius 3 is 2.65 bits per heavy atom. The SMILES string of the molecule is CC(C)CC(=O)N[C@H](c1ccccc1)c1ccc2nc[nH]c2c1. The molecule has 0 spiro atoms. The molecule has 1 heterocycles. The lowest BCUT2D eigenvalue weighted by Crippen LogP contribution is -2.30. The highest BCUT2D eigenvalue weighted by Gasteiger charge is 2.18. The van der Waals surface area contributed by atoms with Gasteiger partial charge in [0.15, 0.2) is 0 Å². The van der Waals surface area contributed by atoms with Crippen molar-refractivity contribution in [2.24, 2.45) is 5.92 Å². The van der Waals surface area contributed by atoms with Gasteiger partial charge in [-0.25, -0.2) is 4.98 Å². The summed E-state index contributed by atoms with van der Waals surface area (Å²) in [6, 6.07) is 15.9. The van der Waals surface area contributed by atoms with E-state index in [0.717, 1.165) is 22.2 Å². The molecule has 1 amide bonds. The summed E-state index contributed by atoms with van der Waals surface area (Å²) in [5, 5.41) is 3.16. The third-order valence-corrected chi connectivity index (χ3v) is 3.81. The Morgan fingerprint density at radius 2 is 1.91 bits per heavy atom. The van der Waals surface area contributed by atoms with E-state index in [-0.39, 0.29) is 11.9 Å². The molecule has 0 unspecified atom stereocenters. The number of H-pyrrole nitrogens is 1. The van der Waals surface area contributed by atoms with Crippen LogP contribution in [0.3, 0.4) is 0 Å². The standard InChI is InChI=1S/C19H21N3O/c1-13(2)10-18(23)22-19(14-6-4-3-5-7-14)15-8-9-16-17(11-15)21-12-20-16/h3-9,11-13,19H,10H2,1-2H3,(H,20,21)(H,22,23)/t19-/m1/s1. The number of carbonyl (C=O) groups is 1. The number of carbonyl (C=O) groups excluding carboxylic acids is 1. The summed E-state index contributed by atoms with van der Waals surface area (Å²) >= 11 is 0. The maximum Gasteiger partial charge on any atom is 0.221 e. The van der Waals surface area contributed by atoms with Gasteiger partial charge in [-0.05, 0) is 29.2 Å². The van der Waals surface area contributed by atoms with Crippen molar-refractivity contribution in [3.63, 3.8) is 0 Å². The number of nitrogens with zero attached hydrogens (tertiary/aromatic N) is 1. The second-order valence-corrected chi connectivity index (χ2v) is 6.19. The molecular weight excluding hydrogens is 286 g/mol. The summed E-state index contributed by atoms with van der Waals surface area (Å²) in [6.07, 6.45) is 2.21. The van der Waals surface area contributed by atoms with Crippen LogP contribution in [0.5, 0.6) is 0 Å². The van der Waals surface area contributed by atoms with E-state index in [1.165, 1.54) is 0 Å². The molecule has 2 aromatic carbocycles. The number of aromatic amines is 1. The van der Waals surface area contributed by atoms with E-state index in [2.05, 4.69) is 21.4 Å². The second kappa shape index (κ2) is 6.65. The highest BCUT2D eigenvalue weighted by atomic mass is 16.1. The summed E-state index contributed by atoms with van der Waals surface area (Å²) in [7, 11) is 0. The molecule has 0 saturated carbocycles. The van der Waals surface area contributed by atoms with Crippen molar-refractivity contribution in [2.45, 2.75) is 26.3 Å². The van der Waals surface area contributed by atoms with Gasteiger partial charge in [0, 0.05) is 6.42 Å². The van der Waals surface area contributed by atoms with Gasteiger partial charge in [0.2, 0.25) is 5.91 Å². The molecule has 0 aliphatic rings. The van der Waals surface area contributed by atoms with E-state index in [4.69, 9.17) is 0 Å². The summed E-state index contributed by atoms with van der Waals surface area (Å²) in [4.78, 5) is 19.7. The average molecular weight is 307 g/mol. The van der Waals surface area contributed by atoms with Gasteiger partial charge in [-0.15, -0.1) is 0 Å². The Morgan fingerprint density at radius 1 is 1.13 bits per heavy atom. The zero-order chi connectivity index (χ0) is 16.2. The topological polar surface area (TPSA) is 57.8 Å². The van der Waals surface area contributed by atoms with Crippen LogP contribution in [0.4, 0.5) is 0 Å². The Kier molecular flexibility index (Phi) is 4.42. The molecule has 23 heavy (non-hydrogen) atoms. The molecule has 0 fully saturated rings. The van der Waals surface area contributed by atoms with Crippen molar-refractivity contribution >= 4 is 16.9 Å². The zero-order valence-corrected chi connectivity index (χ0v) is 13.4. The fourth-order valence-corrected chi connectivity index (χ4v) is 2.73. The minimum absolute atomic E-state index is 0.0681. The molecule has 0 saturated heterocycles. The van der Waals surface area contributed by atoms with Crippen molar-refractivity contribution in [1.29, 1.82) is 0 Å². The third-order valence-electron chi connectivity index (χ3n) is 3.81. The Hall–Kier alpha value is -2.62. The fraction of sp³-hybridized carbons (Fsp3) is 0.263. The van der Waals surface area contributed by atoms with E-state index >= 15 is 0 Å². The molecule has 118 valence electrons. The van der Waals surface area contributed by atoms with Crippen LogP contribution in [-0.2, 0) is 4.79 Å². The third kappa shape index (κ3) is 3.59. The Labute approximate surface area is 136 Å². The lowest BCUT2D eigenvalue weighted by atomic mass is 9.97. The van der Waals surface area contributed by atoms with Crippen LogP contribution in [-0.4, -0.2) is 15.9 Å². The Balaban J connectivity index is 1.95. The van der Waals surface area contributed by atoms with Gasteiger partial charge in [0.25, 0.3) is 0 Å². The van der Waals surface area contributed by atoms with Crippen LogP contribution in [0.25, 0.3) is 11.0 Å². The number of hydrogen-bond donors (Lipinski definition) is 2. The van der Waals surface area contributed by atoms with Gasteiger partial charge in [-0.2, -0.15) is 0 Å². The fourth-order valence-electron chi connectivity index (χ4n) is 2.73. The van der Waals surface area contributed by atoms with Gasteiger partial charge in [0.1, 0.15) is 0 Å². The number of fused-ring (bicyclic) bond motifs is 1. The summed E-state index contributed by atoms with van der Waals surface area (Å²) in [6.45, 7) is 4.10. The molecule has 0 radical (unpaired) electrons. The summed E-state index contributed by atoms with van der Waals surface area (Å²) in [5.74, 6) is 0.403. The van der Waals surface area contributed by atoms with Gasteiger partial charge >= 0.3 is 0 Å². The first-order chi connectivity index (χ1) is 11.1. The number of nitrogens with one attached hydrogen (secondary N) is 2. The molecule has 3 rings (SSSR count). The zero-order valence-electron chi connectivity index (χ0n) is 13.4. The number of hydrogen-bond acceptors (Lipinski definition) is 2. The summed E-state index contributed by atoms with van der Waals surface area (Å²) in [5.41, 5.74) is 4.02. The van der Waals surface area contributed by atoms with E-state index in [1.54, 1.807) is 6.33 Å². The number of imidazole rings is 1. The smallest absolute Gasteiger partial charge is 0.221 e. The average Bonchev–Trinajstić information content (AvgIpc) is 3.00. The van der Waals surface area contributed by atoms with Crippen molar-refractivity contribution in [3.05, 3.63) is 66.0 Å². The van der Waals surface area contributed by atoms with Crippen LogP contribution < -0.4 is 5.32 Å². The van der Waals surface area contributed by atoms with Crippen molar-refractivity contribution in [1.82, 2.24) is 15.3 Å². The van der Waals surface area contributed by atoms with Crippen LogP contribution in [0.1, 0.15) is 37.4 Å². The highest BCUT2D eigenvalue weighted by Crippen LogP contribution is 2.25. The maximum atomic E-state index is 12.3. The number of rotatable bonds is 5. The lowest BCUT2D eigenvalue weighted by Gasteiger charge is -2.20. The summed E-state index contributed by atoms with van der Waals surface area (Å²) < 4.78 is 0. The van der Waals surface area contributed by atoms with Crippen molar-refractivity contribution < 1.29 is 4.79 Å². The minimum Gasteiger partial charge on any atom is -0.345 e. The normalized spacial score (nSPS) is 12.5. The van der Waals surface area contributed by atoms with E-state index in [9.17, 15) is 4.79 Å². The molecule has 4 heteroatoms. The van der Waals surface area contributed by atoms with Gasteiger partial charge in [-0.1, -0.05) is 50.2 Å². The van der Waals surface area contributed by atoms with E-state index in [0.29, 0.717) is 12.3 Å². The molecular formula is C19H21N3O. The first kappa shape index (κ1) is 15.3. The molecule has 1 aromatic heterocycles. The van der Waals surface area contributed by atoms with Gasteiger partial charge in [0.05, 0.1) is 23.4 Å². The Bertz CT molecular complexity index is 792. The molecule has 0 aliphatic carbocycles. The number of amides is 1. The molecule has 2 N–H and O–H groups in total. The predicted octanol–water partition coefficient (Wildman–Crippen LogP) is 3.81. The predicted molar refractivity (Wildman–Crippen MR) is 92.0 cm³/mol. The van der Waals surface area contributed by atoms with Crippen LogP contribution in [0.15, 0.2) is 54.9 Å². The molecule has 1 atom stereocenters. The van der Waals surface area contributed by atoms with E-state index < -0.39 is 0 Å². The molecule has 3 aromatic rings. The first-order valence-corrected chi connectivity index (χ1v) is 7.91. The number of aromatic nitrogens is 2. The lowest BCUT2D eigenvalue weighted by molar-refractivity contribution is -0.122. The molecule has 4 nitrogen and oxygen atoms in total. The largest absolute Gasteiger partial charge is 0.345 e. The monoisotopic (exact) mass is 307 g/mol. The molecule has 0 bridgehead atoms. The van der Waals surface area contributed by atoms with Crippen molar-refractivity contribution in [3.8, 4) is 0 Å². The van der Waals surface area contributed by atoms with Crippen molar-refractivity contribution in [2.75, 3.05) is 0 Å². The quantitative estimate of drug-likeness (QED) is 0.753. The van der Waals surface area contributed by atoms with E-state index in [1.807, 2.05) is 56.3 Å². The van der Waals surface area contributed by atoms with Gasteiger partial charge in [-0.3, -0.25) is 4.79 Å². The molecule has 0 aliphatic heterocycles.